The van der Waals surface area contributed by atoms with Crippen LogP contribution in [0.4, 0.5) is 5.69 Å². The van der Waals surface area contributed by atoms with E-state index in [2.05, 4.69) is 5.32 Å². The molecule has 2 fully saturated rings. The van der Waals surface area contributed by atoms with Crippen molar-refractivity contribution < 1.29 is 9.59 Å². The van der Waals surface area contributed by atoms with Crippen LogP contribution in [0.5, 0.6) is 0 Å². The number of amides is 2. The van der Waals surface area contributed by atoms with Gasteiger partial charge in [0.25, 0.3) is 0 Å². The van der Waals surface area contributed by atoms with Crippen LogP contribution >= 0.6 is 0 Å². The first-order valence-corrected chi connectivity index (χ1v) is 7.23. The standard InChI is InChI=1S/C16H20N2O2/c1-10-4-3-5-14(11(10)2)17-16(20)12-8-15(19)18(9-12)13-6-7-13/h3-5,12-13H,6-9H2,1-2H3,(H,17,20). The summed E-state index contributed by atoms with van der Waals surface area (Å²) in [6, 6.07) is 6.28. The summed E-state index contributed by atoms with van der Waals surface area (Å²) in [5.41, 5.74) is 3.10. The predicted octanol–water partition coefficient (Wildman–Crippen LogP) is 2.25. The van der Waals surface area contributed by atoms with Gasteiger partial charge in [-0.05, 0) is 43.9 Å². The third kappa shape index (κ3) is 2.42. The summed E-state index contributed by atoms with van der Waals surface area (Å²) < 4.78 is 0. The molecule has 2 amide bonds. The van der Waals surface area contributed by atoms with Gasteiger partial charge < -0.3 is 10.2 Å². The second-order valence-corrected chi connectivity index (χ2v) is 5.92. The maximum atomic E-state index is 12.3. The average molecular weight is 272 g/mol. The molecule has 3 rings (SSSR count). The summed E-state index contributed by atoms with van der Waals surface area (Å²) in [6.45, 7) is 4.61. The SMILES string of the molecule is Cc1cccc(NC(=O)C2CC(=O)N(C3CC3)C2)c1C. The normalized spacial score (nSPS) is 22.2. The molecule has 1 atom stereocenters. The molecule has 0 spiro atoms. The van der Waals surface area contributed by atoms with E-state index in [4.69, 9.17) is 0 Å². The first kappa shape index (κ1) is 13.2. The van der Waals surface area contributed by atoms with Gasteiger partial charge in [-0.2, -0.15) is 0 Å². The number of hydrogen-bond acceptors (Lipinski definition) is 2. The molecule has 4 heteroatoms. The van der Waals surface area contributed by atoms with E-state index in [9.17, 15) is 9.59 Å². The molecule has 1 aromatic carbocycles. The molecule has 0 bridgehead atoms. The van der Waals surface area contributed by atoms with E-state index in [1.807, 2.05) is 36.9 Å². The summed E-state index contributed by atoms with van der Waals surface area (Å²) in [6.07, 6.45) is 2.54. The molecule has 1 N–H and O–H groups in total. The minimum atomic E-state index is -0.206. The van der Waals surface area contributed by atoms with Crippen molar-refractivity contribution in [2.45, 2.75) is 39.2 Å². The summed E-state index contributed by atoms with van der Waals surface area (Å²) in [5, 5.41) is 2.98. The van der Waals surface area contributed by atoms with Crippen molar-refractivity contribution in [1.82, 2.24) is 4.90 Å². The average Bonchev–Trinajstić information content (AvgIpc) is 3.18. The van der Waals surface area contributed by atoms with Gasteiger partial charge in [-0.1, -0.05) is 12.1 Å². The van der Waals surface area contributed by atoms with Gasteiger partial charge >= 0.3 is 0 Å². The Morgan fingerprint density at radius 1 is 1.30 bits per heavy atom. The van der Waals surface area contributed by atoms with E-state index in [0.717, 1.165) is 29.7 Å². The highest BCUT2D eigenvalue weighted by Crippen LogP contribution is 2.33. The van der Waals surface area contributed by atoms with Gasteiger partial charge in [0, 0.05) is 24.7 Å². The predicted molar refractivity (Wildman–Crippen MR) is 77.4 cm³/mol. The number of rotatable bonds is 3. The Kier molecular flexibility index (Phi) is 3.24. The lowest BCUT2D eigenvalue weighted by molar-refractivity contribution is -0.128. The third-order valence-corrected chi connectivity index (χ3v) is 4.38. The smallest absolute Gasteiger partial charge is 0.229 e. The lowest BCUT2D eigenvalue weighted by atomic mass is 10.1. The number of likely N-dealkylation sites (tertiary alicyclic amines) is 1. The van der Waals surface area contributed by atoms with Crippen LogP contribution in [0.25, 0.3) is 0 Å². The van der Waals surface area contributed by atoms with Gasteiger partial charge in [-0.3, -0.25) is 9.59 Å². The van der Waals surface area contributed by atoms with Crippen molar-refractivity contribution in [3.05, 3.63) is 29.3 Å². The topological polar surface area (TPSA) is 49.4 Å². The Morgan fingerprint density at radius 2 is 2.05 bits per heavy atom. The molecule has 1 aliphatic heterocycles. The largest absolute Gasteiger partial charge is 0.339 e. The second kappa shape index (κ2) is 4.93. The second-order valence-electron chi connectivity index (χ2n) is 5.92. The summed E-state index contributed by atoms with van der Waals surface area (Å²) >= 11 is 0. The molecule has 1 heterocycles. The number of benzene rings is 1. The Bertz CT molecular complexity index is 564. The molecule has 20 heavy (non-hydrogen) atoms. The van der Waals surface area contributed by atoms with Crippen LogP contribution < -0.4 is 5.32 Å². The quantitative estimate of drug-likeness (QED) is 0.917. The van der Waals surface area contributed by atoms with Crippen LogP contribution in [0.1, 0.15) is 30.4 Å². The highest BCUT2D eigenvalue weighted by Gasteiger charge is 2.41. The van der Waals surface area contributed by atoms with Gasteiger partial charge in [0.05, 0.1) is 5.92 Å². The van der Waals surface area contributed by atoms with Gasteiger partial charge in [-0.15, -0.1) is 0 Å². The summed E-state index contributed by atoms with van der Waals surface area (Å²) in [4.78, 5) is 26.1. The number of nitrogens with one attached hydrogen (secondary N) is 1. The molecule has 106 valence electrons. The first-order valence-electron chi connectivity index (χ1n) is 7.23. The van der Waals surface area contributed by atoms with Crippen LogP contribution in [-0.4, -0.2) is 29.3 Å². The highest BCUT2D eigenvalue weighted by atomic mass is 16.2. The van der Waals surface area contributed by atoms with Crippen LogP contribution in [0.15, 0.2) is 18.2 Å². The molecule has 1 aromatic rings. The molecule has 1 saturated carbocycles. The lowest BCUT2D eigenvalue weighted by Crippen LogP contribution is -2.30. The fourth-order valence-corrected chi connectivity index (χ4v) is 2.77. The van der Waals surface area contributed by atoms with Gasteiger partial charge in [0.1, 0.15) is 0 Å². The number of carbonyl (C=O) groups is 2. The van der Waals surface area contributed by atoms with Crippen LogP contribution in [0.3, 0.4) is 0 Å². The fourth-order valence-electron chi connectivity index (χ4n) is 2.77. The Hall–Kier alpha value is -1.84. The zero-order chi connectivity index (χ0) is 14.3. The third-order valence-electron chi connectivity index (χ3n) is 4.38. The molecule has 0 aromatic heterocycles. The van der Waals surface area contributed by atoms with E-state index in [0.29, 0.717) is 19.0 Å². The Balaban J connectivity index is 1.68. The van der Waals surface area contributed by atoms with E-state index >= 15 is 0 Å². The van der Waals surface area contributed by atoms with E-state index in [-0.39, 0.29) is 17.7 Å². The first-order chi connectivity index (χ1) is 9.56. The van der Waals surface area contributed by atoms with E-state index in [1.165, 1.54) is 0 Å². The monoisotopic (exact) mass is 272 g/mol. The summed E-state index contributed by atoms with van der Waals surface area (Å²) in [7, 11) is 0. The highest BCUT2D eigenvalue weighted by molar-refractivity contribution is 5.97. The zero-order valence-corrected chi connectivity index (χ0v) is 12.0. The van der Waals surface area contributed by atoms with Gasteiger partial charge in [0.15, 0.2) is 0 Å². The number of hydrogen-bond donors (Lipinski definition) is 1. The summed E-state index contributed by atoms with van der Waals surface area (Å²) in [5.74, 6) is -0.105. The molecular formula is C16H20N2O2. The van der Waals surface area contributed by atoms with Crippen molar-refractivity contribution in [1.29, 1.82) is 0 Å². The van der Waals surface area contributed by atoms with Crippen molar-refractivity contribution in [2.75, 3.05) is 11.9 Å². The number of nitrogens with zero attached hydrogens (tertiary/aromatic N) is 1. The van der Waals surface area contributed by atoms with Gasteiger partial charge in [-0.25, -0.2) is 0 Å². The molecule has 1 unspecified atom stereocenters. The molecule has 4 nitrogen and oxygen atoms in total. The minimum Gasteiger partial charge on any atom is -0.339 e. The number of anilines is 1. The Labute approximate surface area is 119 Å². The molecular weight excluding hydrogens is 252 g/mol. The molecule has 1 aliphatic carbocycles. The maximum absolute atomic E-state index is 12.3. The van der Waals surface area contributed by atoms with E-state index in [1.54, 1.807) is 0 Å². The Morgan fingerprint density at radius 3 is 2.75 bits per heavy atom. The number of aryl methyl sites for hydroxylation is 1. The van der Waals surface area contributed by atoms with Crippen molar-refractivity contribution in [3.63, 3.8) is 0 Å². The zero-order valence-electron chi connectivity index (χ0n) is 12.0. The molecule has 1 saturated heterocycles. The van der Waals surface area contributed by atoms with Crippen LogP contribution in [0, 0.1) is 19.8 Å². The maximum Gasteiger partial charge on any atom is 0.229 e. The number of carbonyl (C=O) groups excluding carboxylic acids is 2. The fraction of sp³-hybridized carbons (Fsp3) is 0.500. The van der Waals surface area contributed by atoms with Crippen molar-refractivity contribution >= 4 is 17.5 Å². The molecule has 2 aliphatic rings. The van der Waals surface area contributed by atoms with Crippen molar-refractivity contribution in [3.8, 4) is 0 Å². The van der Waals surface area contributed by atoms with E-state index < -0.39 is 0 Å². The van der Waals surface area contributed by atoms with Crippen LogP contribution in [0.2, 0.25) is 0 Å². The lowest BCUT2D eigenvalue weighted by Gasteiger charge is -2.16. The van der Waals surface area contributed by atoms with Crippen molar-refractivity contribution in [2.24, 2.45) is 5.92 Å². The van der Waals surface area contributed by atoms with Gasteiger partial charge in [0.2, 0.25) is 11.8 Å². The van der Waals surface area contributed by atoms with Crippen LogP contribution in [-0.2, 0) is 9.59 Å². The minimum absolute atomic E-state index is 0.0322. The molecule has 0 radical (unpaired) electrons.